The monoisotopic (exact) mass is 438 g/mol. The Morgan fingerprint density at radius 1 is 0.967 bits per heavy atom. The fourth-order valence-corrected chi connectivity index (χ4v) is 5.29. The van der Waals surface area contributed by atoms with Gasteiger partial charge in [0.15, 0.2) is 0 Å². The van der Waals surface area contributed by atoms with Crippen molar-refractivity contribution in [3.8, 4) is 0 Å². The zero-order valence-electron chi connectivity index (χ0n) is 20.3. The van der Waals surface area contributed by atoms with Crippen LogP contribution < -0.4 is 5.56 Å². The van der Waals surface area contributed by atoms with Gasteiger partial charge in [0, 0.05) is 16.9 Å². The number of hydrogen-bond donors (Lipinski definition) is 1. The molecule has 0 fully saturated rings. The highest BCUT2D eigenvalue weighted by Crippen LogP contribution is 2.42. The second-order valence-electron chi connectivity index (χ2n) is 9.31. The van der Waals surface area contributed by atoms with Crippen LogP contribution in [-0.4, -0.2) is 15.6 Å². The van der Waals surface area contributed by atoms with Crippen LogP contribution in [0.25, 0.3) is 0 Å². The first-order valence-corrected chi connectivity index (χ1v) is 13.1. The number of rotatable bonds is 17. The molecule has 0 amide bonds. The second kappa shape index (κ2) is 15.1. The molecule has 30 heavy (non-hydrogen) atoms. The van der Waals surface area contributed by atoms with Crippen molar-refractivity contribution in [3.63, 3.8) is 0 Å². The van der Waals surface area contributed by atoms with Gasteiger partial charge in [0.2, 0.25) is 0 Å². The molecule has 3 nitrogen and oxygen atoms in total. The van der Waals surface area contributed by atoms with Gasteiger partial charge in [0.05, 0.1) is 5.69 Å². The Hall–Kier alpha value is -0.830. The van der Waals surface area contributed by atoms with E-state index >= 15 is 0 Å². The molecule has 3 unspecified atom stereocenters. The second-order valence-corrected chi connectivity index (χ2v) is 9.87. The molecule has 0 aliphatic heterocycles. The fraction of sp³-hybridized carbons (Fsp3) is 0.846. The van der Waals surface area contributed by atoms with Crippen molar-refractivity contribution in [1.29, 1.82) is 0 Å². The van der Waals surface area contributed by atoms with Gasteiger partial charge in [-0.3, -0.25) is 4.79 Å². The summed E-state index contributed by atoms with van der Waals surface area (Å²) in [5.74, 6) is 1.28. The quantitative estimate of drug-likeness (QED) is 0.250. The Morgan fingerprint density at radius 2 is 1.63 bits per heavy atom. The van der Waals surface area contributed by atoms with Crippen molar-refractivity contribution in [2.75, 3.05) is 0 Å². The topological polar surface area (TPSA) is 45.8 Å². The molecule has 3 atom stereocenters. The summed E-state index contributed by atoms with van der Waals surface area (Å²) in [5, 5.41) is 7.52. The Morgan fingerprint density at radius 3 is 2.10 bits per heavy atom. The van der Waals surface area contributed by atoms with E-state index in [4.69, 9.17) is 11.6 Å². The average Bonchev–Trinajstić information content (AvgIpc) is 2.77. The van der Waals surface area contributed by atoms with E-state index in [9.17, 15) is 4.79 Å². The van der Waals surface area contributed by atoms with Crippen LogP contribution >= 0.6 is 11.6 Å². The predicted molar refractivity (Wildman–Crippen MR) is 132 cm³/mol. The molecule has 4 heteroatoms. The van der Waals surface area contributed by atoms with Gasteiger partial charge in [0.25, 0.3) is 5.56 Å². The van der Waals surface area contributed by atoms with Gasteiger partial charge >= 0.3 is 0 Å². The van der Waals surface area contributed by atoms with Crippen LogP contribution in [0, 0.1) is 11.8 Å². The number of hydrogen-bond acceptors (Lipinski definition) is 2. The molecule has 1 aromatic rings. The van der Waals surface area contributed by atoms with Crippen LogP contribution in [0.3, 0.4) is 0 Å². The lowest BCUT2D eigenvalue weighted by Gasteiger charge is -2.37. The summed E-state index contributed by atoms with van der Waals surface area (Å²) in [7, 11) is 0. The van der Waals surface area contributed by atoms with E-state index in [2.05, 4.69) is 44.8 Å². The lowest BCUT2D eigenvalue weighted by molar-refractivity contribution is 0.229. The number of nitrogens with zero attached hydrogens (tertiary/aromatic N) is 1. The lowest BCUT2D eigenvalue weighted by atomic mass is 9.68. The minimum atomic E-state index is -0.118. The SMILES string of the molecule is CCCCC(CCCC)CC(CC)(CCC(CCC)C(Cl)CC)c1ccc(=O)[nH]n1. The number of halogens is 1. The molecule has 0 bridgehead atoms. The van der Waals surface area contributed by atoms with E-state index < -0.39 is 0 Å². The number of aromatic nitrogens is 2. The van der Waals surface area contributed by atoms with Crippen LogP contribution in [0.5, 0.6) is 0 Å². The molecule has 174 valence electrons. The van der Waals surface area contributed by atoms with Crippen molar-refractivity contribution in [1.82, 2.24) is 10.2 Å². The third-order valence-corrected chi connectivity index (χ3v) is 7.73. The van der Waals surface area contributed by atoms with Gasteiger partial charge in [0.1, 0.15) is 0 Å². The van der Waals surface area contributed by atoms with Crippen LogP contribution in [0.15, 0.2) is 16.9 Å². The number of nitrogens with one attached hydrogen (secondary N) is 1. The number of H-pyrrole nitrogens is 1. The lowest BCUT2D eigenvalue weighted by Crippen LogP contribution is -2.32. The zero-order chi connectivity index (χ0) is 22.4. The first-order valence-electron chi connectivity index (χ1n) is 12.7. The zero-order valence-corrected chi connectivity index (χ0v) is 21.1. The average molecular weight is 439 g/mol. The summed E-state index contributed by atoms with van der Waals surface area (Å²) in [6.07, 6.45) is 15.6. The molecule has 0 saturated heterocycles. The first-order chi connectivity index (χ1) is 14.5. The van der Waals surface area contributed by atoms with E-state index in [-0.39, 0.29) is 16.4 Å². The molecule has 1 heterocycles. The third-order valence-electron chi connectivity index (χ3n) is 7.07. The molecule has 0 saturated carbocycles. The summed E-state index contributed by atoms with van der Waals surface area (Å²) < 4.78 is 0. The number of aromatic amines is 1. The highest BCUT2D eigenvalue weighted by atomic mass is 35.5. The van der Waals surface area contributed by atoms with E-state index in [1.807, 2.05) is 6.07 Å². The van der Waals surface area contributed by atoms with Crippen molar-refractivity contribution in [2.24, 2.45) is 11.8 Å². The molecule has 0 spiro atoms. The molecule has 0 aromatic carbocycles. The van der Waals surface area contributed by atoms with Gasteiger partial charge in [-0.15, -0.1) is 11.6 Å². The van der Waals surface area contributed by atoms with Crippen LogP contribution in [0.2, 0.25) is 0 Å². The van der Waals surface area contributed by atoms with Gasteiger partial charge < -0.3 is 0 Å². The number of unbranched alkanes of at least 4 members (excludes halogenated alkanes) is 2. The Kier molecular flexibility index (Phi) is 13.6. The maximum atomic E-state index is 11.7. The molecule has 0 radical (unpaired) electrons. The van der Waals surface area contributed by atoms with Crippen molar-refractivity contribution >= 4 is 11.6 Å². The first kappa shape index (κ1) is 27.2. The minimum absolute atomic E-state index is 0.0205. The van der Waals surface area contributed by atoms with E-state index in [1.54, 1.807) is 6.07 Å². The summed E-state index contributed by atoms with van der Waals surface area (Å²) in [6.45, 7) is 11.3. The van der Waals surface area contributed by atoms with Crippen LogP contribution in [0.4, 0.5) is 0 Å². The van der Waals surface area contributed by atoms with E-state index in [0.717, 1.165) is 37.3 Å². The van der Waals surface area contributed by atoms with Gasteiger partial charge in [-0.2, -0.15) is 5.10 Å². The van der Waals surface area contributed by atoms with Crippen LogP contribution in [-0.2, 0) is 5.41 Å². The smallest absolute Gasteiger partial charge is 0.264 e. The standard InChI is InChI=1S/C26H47ClN2O/c1-6-11-14-21(15-12-7-2)20-26(10-5,24-16-17-25(30)29-28-24)19-18-22(13-8-3)23(27)9-4/h16-17,21-23H,6-15,18-20H2,1-5H3,(H,29,30). The Bertz CT molecular complexity index is 589. The van der Waals surface area contributed by atoms with Crippen molar-refractivity contribution in [2.45, 2.75) is 129 Å². The maximum absolute atomic E-state index is 11.7. The summed E-state index contributed by atoms with van der Waals surface area (Å²) >= 11 is 6.73. The highest BCUT2D eigenvalue weighted by Gasteiger charge is 2.35. The van der Waals surface area contributed by atoms with Crippen molar-refractivity contribution in [3.05, 3.63) is 28.2 Å². The third kappa shape index (κ3) is 8.73. The largest absolute Gasteiger partial charge is 0.268 e. The van der Waals surface area contributed by atoms with Gasteiger partial charge in [-0.25, -0.2) is 5.10 Å². The predicted octanol–water partition coefficient (Wildman–Crippen LogP) is 8.02. The molecule has 1 N–H and O–H groups in total. The van der Waals surface area contributed by atoms with Crippen LogP contribution in [0.1, 0.15) is 124 Å². The van der Waals surface area contributed by atoms with E-state index in [1.165, 1.54) is 57.8 Å². The summed E-state index contributed by atoms with van der Waals surface area (Å²) in [5.41, 5.74) is 0.973. The molecular formula is C26H47ClN2O. The fourth-order valence-electron chi connectivity index (χ4n) is 5.04. The van der Waals surface area contributed by atoms with Crippen molar-refractivity contribution < 1.29 is 0 Å². The highest BCUT2D eigenvalue weighted by molar-refractivity contribution is 6.20. The minimum Gasteiger partial charge on any atom is -0.268 e. The van der Waals surface area contributed by atoms with Gasteiger partial charge in [-0.1, -0.05) is 79.6 Å². The molecule has 0 aliphatic carbocycles. The van der Waals surface area contributed by atoms with Gasteiger partial charge in [-0.05, 0) is 56.4 Å². The molecule has 1 aromatic heterocycles. The Balaban J connectivity index is 3.17. The molecular weight excluding hydrogens is 392 g/mol. The maximum Gasteiger partial charge on any atom is 0.264 e. The summed E-state index contributed by atoms with van der Waals surface area (Å²) in [6, 6.07) is 3.63. The van der Waals surface area contributed by atoms with E-state index in [0.29, 0.717) is 5.92 Å². The Labute approximate surface area is 190 Å². The number of alkyl halides is 1. The molecule has 0 aliphatic rings. The molecule has 1 rings (SSSR count). The summed E-state index contributed by atoms with van der Waals surface area (Å²) in [4.78, 5) is 11.7. The normalized spacial score (nSPS) is 15.8.